The van der Waals surface area contributed by atoms with Gasteiger partial charge in [-0.1, -0.05) is 0 Å². The van der Waals surface area contributed by atoms with Gasteiger partial charge in [0.15, 0.2) is 6.29 Å². The van der Waals surface area contributed by atoms with E-state index in [4.69, 9.17) is 0 Å². The van der Waals surface area contributed by atoms with Crippen molar-refractivity contribution in [3.8, 4) is 0 Å². The first-order valence-electron chi connectivity index (χ1n) is 2.36. The number of aromatic nitrogens is 1. The Morgan fingerprint density at radius 1 is 1.78 bits per heavy atom. The molecule has 0 amide bonds. The highest BCUT2D eigenvalue weighted by Crippen LogP contribution is 1.93. The van der Waals surface area contributed by atoms with E-state index >= 15 is 0 Å². The standard InChI is InChI=1S/C5H5NO2S/c1-6-4(3-7)2-5(8)9-6/h2-3H,1H3. The van der Waals surface area contributed by atoms with Crippen molar-refractivity contribution >= 4 is 17.8 Å². The van der Waals surface area contributed by atoms with Crippen LogP contribution in [0.4, 0.5) is 0 Å². The Bertz CT molecular complexity index is 273. The molecule has 0 radical (unpaired) electrons. The quantitative estimate of drug-likeness (QED) is 0.529. The van der Waals surface area contributed by atoms with Gasteiger partial charge in [-0.15, -0.1) is 0 Å². The van der Waals surface area contributed by atoms with Gasteiger partial charge in [0.2, 0.25) is 4.74 Å². The van der Waals surface area contributed by atoms with Crippen molar-refractivity contribution in [1.29, 1.82) is 0 Å². The smallest absolute Gasteiger partial charge is 0.250 e. The molecule has 3 nitrogen and oxygen atoms in total. The number of nitrogens with zero attached hydrogens (tertiary/aromatic N) is 1. The molecule has 0 N–H and O–H groups in total. The van der Waals surface area contributed by atoms with E-state index in [1.807, 2.05) is 0 Å². The van der Waals surface area contributed by atoms with E-state index in [1.54, 1.807) is 7.05 Å². The highest BCUT2D eigenvalue weighted by Gasteiger charge is 1.96. The van der Waals surface area contributed by atoms with E-state index in [0.717, 1.165) is 11.5 Å². The van der Waals surface area contributed by atoms with Crippen LogP contribution in [0.5, 0.6) is 0 Å². The second kappa shape index (κ2) is 2.14. The van der Waals surface area contributed by atoms with Gasteiger partial charge >= 0.3 is 0 Å². The molecule has 0 aliphatic rings. The molecule has 0 unspecified atom stereocenters. The minimum atomic E-state index is -0.0837. The minimum Gasteiger partial charge on any atom is -0.296 e. The zero-order valence-electron chi connectivity index (χ0n) is 4.83. The number of carbonyl (C=O) groups is 1. The van der Waals surface area contributed by atoms with Crippen LogP contribution in [0.1, 0.15) is 10.5 Å². The fourth-order valence-corrected chi connectivity index (χ4v) is 1.18. The fraction of sp³-hybridized carbons (Fsp3) is 0.200. The van der Waals surface area contributed by atoms with Gasteiger partial charge in [-0.05, 0) is 11.5 Å². The third-order valence-corrected chi connectivity index (χ3v) is 1.76. The molecule has 0 aliphatic carbocycles. The average molecular weight is 143 g/mol. The van der Waals surface area contributed by atoms with Crippen molar-refractivity contribution in [2.24, 2.45) is 7.05 Å². The van der Waals surface area contributed by atoms with Gasteiger partial charge in [-0.25, -0.2) is 0 Å². The summed E-state index contributed by atoms with van der Waals surface area (Å²) >= 11 is 1.02. The molecule has 0 fully saturated rings. The molecular weight excluding hydrogens is 138 g/mol. The SMILES string of the molecule is Cn1sc(=O)cc1C=O. The van der Waals surface area contributed by atoms with Crippen LogP contribution in [-0.2, 0) is 7.05 Å². The number of hydrogen-bond acceptors (Lipinski definition) is 3. The molecule has 0 bridgehead atoms. The lowest BCUT2D eigenvalue weighted by molar-refractivity contribution is 0.111. The van der Waals surface area contributed by atoms with Crippen molar-refractivity contribution in [2.45, 2.75) is 0 Å². The van der Waals surface area contributed by atoms with Crippen molar-refractivity contribution in [1.82, 2.24) is 3.96 Å². The van der Waals surface area contributed by atoms with Crippen molar-refractivity contribution in [3.63, 3.8) is 0 Å². The maximum atomic E-state index is 10.5. The Morgan fingerprint density at radius 3 is 2.67 bits per heavy atom. The number of rotatable bonds is 1. The zero-order valence-corrected chi connectivity index (χ0v) is 5.64. The lowest BCUT2D eigenvalue weighted by Gasteiger charge is -1.85. The summed E-state index contributed by atoms with van der Waals surface area (Å²) in [5.74, 6) is 0. The number of hydrogen-bond donors (Lipinski definition) is 0. The van der Waals surface area contributed by atoms with Gasteiger partial charge in [0.25, 0.3) is 0 Å². The maximum Gasteiger partial charge on any atom is 0.250 e. The van der Waals surface area contributed by atoms with Crippen LogP contribution in [0, 0.1) is 0 Å². The fourth-order valence-electron chi connectivity index (χ4n) is 0.534. The first-order valence-corrected chi connectivity index (χ1v) is 3.14. The highest BCUT2D eigenvalue weighted by atomic mass is 32.1. The van der Waals surface area contributed by atoms with Crippen LogP contribution >= 0.6 is 11.5 Å². The van der Waals surface area contributed by atoms with Crippen molar-refractivity contribution in [2.75, 3.05) is 0 Å². The van der Waals surface area contributed by atoms with Crippen LogP contribution in [-0.4, -0.2) is 10.2 Å². The predicted molar refractivity (Wildman–Crippen MR) is 34.9 cm³/mol. The van der Waals surface area contributed by atoms with E-state index in [1.165, 1.54) is 10.0 Å². The summed E-state index contributed by atoms with van der Waals surface area (Å²) in [7, 11) is 1.68. The van der Waals surface area contributed by atoms with E-state index < -0.39 is 0 Å². The molecule has 1 aromatic heterocycles. The van der Waals surface area contributed by atoms with Gasteiger partial charge in [-0.2, -0.15) is 0 Å². The predicted octanol–water partition coefficient (Wildman–Crippen LogP) is 0.259. The second-order valence-electron chi connectivity index (χ2n) is 1.59. The molecule has 0 atom stereocenters. The van der Waals surface area contributed by atoms with Crippen LogP contribution in [0.15, 0.2) is 10.9 Å². The molecule has 0 aliphatic heterocycles. The van der Waals surface area contributed by atoms with E-state index in [2.05, 4.69) is 0 Å². The Hall–Kier alpha value is -0.900. The largest absolute Gasteiger partial charge is 0.296 e. The molecule has 4 heteroatoms. The summed E-state index contributed by atoms with van der Waals surface area (Å²) in [6, 6.07) is 1.32. The molecule has 1 aromatic rings. The average Bonchev–Trinajstić information content (AvgIpc) is 2.10. The molecule has 0 saturated carbocycles. The minimum absolute atomic E-state index is 0.0837. The van der Waals surface area contributed by atoms with Crippen LogP contribution in [0.3, 0.4) is 0 Å². The van der Waals surface area contributed by atoms with Crippen molar-refractivity contribution < 1.29 is 4.79 Å². The highest BCUT2D eigenvalue weighted by molar-refractivity contribution is 7.03. The number of aldehydes is 1. The molecule has 0 saturated heterocycles. The summed E-state index contributed by atoms with van der Waals surface area (Å²) in [6.07, 6.45) is 0.665. The third kappa shape index (κ3) is 1.08. The summed E-state index contributed by atoms with van der Waals surface area (Å²) < 4.78 is 1.45. The lowest BCUT2D eigenvalue weighted by Crippen LogP contribution is -1.88. The molecular formula is C5H5NO2S. The zero-order chi connectivity index (χ0) is 6.85. The molecule has 0 spiro atoms. The van der Waals surface area contributed by atoms with Gasteiger partial charge in [-0.3, -0.25) is 13.5 Å². The van der Waals surface area contributed by atoms with Crippen LogP contribution in [0.2, 0.25) is 0 Å². The summed E-state index contributed by atoms with van der Waals surface area (Å²) in [5.41, 5.74) is 0.435. The normalized spacial score (nSPS) is 9.44. The molecule has 0 aromatic carbocycles. The number of carbonyl (C=O) groups excluding carboxylic acids is 1. The van der Waals surface area contributed by atoms with E-state index in [0.29, 0.717) is 12.0 Å². The van der Waals surface area contributed by atoms with Crippen molar-refractivity contribution in [3.05, 3.63) is 21.3 Å². The first-order chi connectivity index (χ1) is 4.24. The second-order valence-corrected chi connectivity index (χ2v) is 2.73. The summed E-state index contributed by atoms with van der Waals surface area (Å²) in [5, 5.41) is 0. The Morgan fingerprint density at radius 2 is 2.44 bits per heavy atom. The molecule has 1 rings (SSSR count). The topological polar surface area (TPSA) is 39.1 Å². The Labute approximate surface area is 55.7 Å². The molecule has 9 heavy (non-hydrogen) atoms. The van der Waals surface area contributed by atoms with Gasteiger partial charge in [0, 0.05) is 13.1 Å². The molecule has 1 heterocycles. The first kappa shape index (κ1) is 6.22. The molecule has 48 valence electrons. The van der Waals surface area contributed by atoms with Crippen LogP contribution in [0.25, 0.3) is 0 Å². The van der Waals surface area contributed by atoms with E-state index in [-0.39, 0.29) is 4.74 Å². The van der Waals surface area contributed by atoms with Gasteiger partial charge in [0.05, 0.1) is 5.69 Å². The number of aryl methyl sites for hydroxylation is 1. The Balaban J connectivity index is 3.31. The maximum absolute atomic E-state index is 10.5. The lowest BCUT2D eigenvalue weighted by atomic mass is 10.5. The van der Waals surface area contributed by atoms with Gasteiger partial charge in [0.1, 0.15) is 0 Å². The summed E-state index contributed by atoms with van der Waals surface area (Å²) in [4.78, 5) is 20.6. The van der Waals surface area contributed by atoms with Gasteiger partial charge < -0.3 is 0 Å². The third-order valence-electron chi connectivity index (χ3n) is 0.977. The van der Waals surface area contributed by atoms with E-state index in [9.17, 15) is 9.59 Å². The Kier molecular flexibility index (Phi) is 1.48. The van der Waals surface area contributed by atoms with Crippen LogP contribution < -0.4 is 4.74 Å². The monoisotopic (exact) mass is 143 g/mol. The summed E-state index contributed by atoms with van der Waals surface area (Å²) in [6.45, 7) is 0.